The molecule has 0 spiro atoms. The van der Waals surface area contributed by atoms with Gasteiger partial charge >= 0.3 is 0 Å². The highest BCUT2D eigenvalue weighted by atomic mass is 16.1. The van der Waals surface area contributed by atoms with E-state index in [2.05, 4.69) is 41.8 Å². The molecule has 0 unspecified atom stereocenters. The molecule has 0 aliphatic heterocycles. The molecule has 10 nitrogen and oxygen atoms in total. The third kappa shape index (κ3) is 5.74. The SMILES string of the molecule is CN(c1nccc(Nc2cc(C3CC3)[nH]n2)n1)C1CCC(NC(=O)Cc2ccnc(C#N)c2)CC1. The van der Waals surface area contributed by atoms with Gasteiger partial charge in [-0.05, 0) is 62.3 Å². The number of rotatable bonds is 8. The van der Waals surface area contributed by atoms with Gasteiger partial charge in [0, 0.05) is 49.2 Å². The Kier molecular flexibility index (Phi) is 6.57. The molecule has 2 fully saturated rings. The van der Waals surface area contributed by atoms with Crippen LogP contribution in [0.15, 0.2) is 36.7 Å². The minimum atomic E-state index is -0.0257. The van der Waals surface area contributed by atoms with Crippen LogP contribution in [0, 0.1) is 11.3 Å². The second kappa shape index (κ2) is 10.1. The second-order valence-corrected chi connectivity index (χ2v) is 9.37. The van der Waals surface area contributed by atoms with E-state index in [9.17, 15) is 4.79 Å². The van der Waals surface area contributed by atoms with E-state index in [0.717, 1.165) is 37.1 Å². The lowest BCUT2D eigenvalue weighted by atomic mass is 9.90. The summed E-state index contributed by atoms with van der Waals surface area (Å²) in [7, 11) is 2.03. The first-order valence-corrected chi connectivity index (χ1v) is 12.1. The molecule has 3 aromatic heterocycles. The Labute approximate surface area is 204 Å². The molecule has 3 aromatic rings. The fraction of sp³-hybridized carbons (Fsp3) is 0.440. The summed E-state index contributed by atoms with van der Waals surface area (Å²) < 4.78 is 0. The summed E-state index contributed by atoms with van der Waals surface area (Å²) in [6.07, 6.45) is 9.72. The zero-order valence-electron chi connectivity index (χ0n) is 19.7. The van der Waals surface area contributed by atoms with Gasteiger partial charge in [-0.15, -0.1) is 0 Å². The lowest BCUT2D eigenvalue weighted by Crippen LogP contribution is -2.43. The van der Waals surface area contributed by atoms with Crippen LogP contribution >= 0.6 is 0 Å². The molecule has 0 radical (unpaired) electrons. The molecule has 0 bridgehead atoms. The van der Waals surface area contributed by atoms with E-state index in [0.29, 0.717) is 29.4 Å². The first-order valence-electron chi connectivity index (χ1n) is 12.1. The first-order chi connectivity index (χ1) is 17.1. The molecule has 2 aliphatic carbocycles. The van der Waals surface area contributed by atoms with E-state index in [1.807, 2.05) is 19.2 Å². The van der Waals surface area contributed by atoms with Gasteiger partial charge in [0.25, 0.3) is 0 Å². The lowest BCUT2D eigenvalue weighted by molar-refractivity contribution is -0.121. The molecule has 0 saturated heterocycles. The van der Waals surface area contributed by atoms with Crippen molar-refractivity contribution in [2.75, 3.05) is 17.3 Å². The number of hydrogen-bond acceptors (Lipinski definition) is 8. The highest BCUT2D eigenvalue weighted by Gasteiger charge is 2.27. The Balaban J connectivity index is 1.12. The molecule has 2 saturated carbocycles. The largest absolute Gasteiger partial charge is 0.353 e. The number of carbonyl (C=O) groups excluding carboxylic acids is 1. The van der Waals surface area contributed by atoms with Crippen LogP contribution in [-0.4, -0.2) is 50.2 Å². The Morgan fingerprint density at radius 3 is 2.69 bits per heavy atom. The summed E-state index contributed by atoms with van der Waals surface area (Å²) in [5, 5.41) is 22.8. The molecular weight excluding hydrogens is 442 g/mol. The molecule has 0 aromatic carbocycles. The summed E-state index contributed by atoms with van der Waals surface area (Å²) in [6.45, 7) is 0. The molecule has 180 valence electrons. The highest BCUT2D eigenvalue weighted by Crippen LogP contribution is 2.39. The maximum absolute atomic E-state index is 12.5. The molecule has 35 heavy (non-hydrogen) atoms. The number of carbonyl (C=O) groups is 1. The number of anilines is 3. The van der Waals surface area contributed by atoms with Crippen molar-refractivity contribution < 1.29 is 4.79 Å². The van der Waals surface area contributed by atoms with Gasteiger partial charge in [0.1, 0.15) is 17.6 Å². The second-order valence-electron chi connectivity index (χ2n) is 9.37. The van der Waals surface area contributed by atoms with Gasteiger partial charge in [0.15, 0.2) is 5.82 Å². The normalized spacial score (nSPS) is 19.5. The van der Waals surface area contributed by atoms with E-state index in [-0.39, 0.29) is 18.4 Å². The van der Waals surface area contributed by atoms with Crippen molar-refractivity contribution in [1.29, 1.82) is 5.26 Å². The summed E-state index contributed by atoms with van der Waals surface area (Å²) in [5.41, 5.74) is 2.30. The maximum Gasteiger partial charge on any atom is 0.227 e. The Morgan fingerprint density at radius 2 is 1.91 bits per heavy atom. The molecular formula is C25H29N9O. The summed E-state index contributed by atoms with van der Waals surface area (Å²) in [4.78, 5) is 27.7. The Bertz CT molecular complexity index is 1220. The van der Waals surface area contributed by atoms with Crippen LogP contribution in [0.5, 0.6) is 0 Å². The van der Waals surface area contributed by atoms with Gasteiger partial charge in [0.2, 0.25) is 11.9 Å². The van der Waals surface area contributed by atoms with Crippen LogP contribution < -0.4 is 15.5 Å². The first kappa shape index (κ1) is 22.8. The van der Waals surface area contributed by atoms with E-state index in [4.69, 9.17) is 10.2 Å². The zero-order valence-corrected chi connectivity index (χ0v) is 19.7. The number of nitrogens with zero attached hydrogens (tertiary/aromatic N) is 6. The monoisotopic (exact) mass is 471 g/mol. The fourth-order valence-corrected chi connectivity index (χ4v) is 4.60. The van der Waals surface area contributed by atoms with Gasteiger partial charge < -0.3 is 15.5 Å². The van der Waals surface area contributed by atoms with E-state index >= 15 is 0 Å². The van der Waals surface area contributed by atoms with Crippen molar-refractivity contribution >= 4 is 23.5 Å². The topological polar surface area (TPSA) is 136 Å². The lowest BCUT2D eigenvalue weighted by Gasteiger charge is -2.35. The van der Waals surface area contributed by atoms with Gasteiger partial charge in [0.05, 0.1) is 6.42 Å². The maximum atomic E-state index is 12.5. The van der Waals surface area contributed by atoms with Gasteiger partial charge in [-0.25, -0.2) is 9.97 Å². The van der Waals surface area contributed by atoms with Crippen molar-refractivity contribution in [2.24, 2.45) is 0 Å². The average molecular weight is 472 g/mol. The number of hydrogen-bond donors (Lipinski definition) is 3. The standard InChI is InChI=1S/C25H29N9O/c1-34(25-28-11-9-22(31-25)30-23-14-21(32-33-23)17-2-3-17)20-6-4-18(5-7-20)29-24(35)13-16-8-10-27-19(12-16)15-26/h8-12,14,17-18,20H,2-7,13H2,1H3,(H,29,35)(H2,28,30,31,32,33). The smallest absolute Gasteiger partial charge is 0.227 e. The summed E-state index contributed by atoms with van der Waals surface area (Å²) >= 11 is 0. The highest BCUT2D eigenvalue weighted by molar-refractivity contribution is 5.78. The number of H-pyrrole nitrogens is 1. The van der Waals surface area contributed by atoms with Gasteiger partial charge in [-0.3, -0.25) is 9.89 Å². The van der Waals surface area contributed by atoms with Crippen LogP contribution in [0.3, 0.4) is 0 Å². The molecule has 10 heteroatoms. The van der Waals surface area contributed by atoms with Gasteiger partial charge in [-0.2, -0.15) is 15.3 Å². The average Bonchev–Trinajstić information content (AvgIpc) is 3.63. The van der Waals surface area contributed by atoms with Crippen molar-refractivity contribution in [2.45, 2.75) is 62.9 Å². The zero-order chi connectivity index (χ0) is 24.2. The van der Waals surface area contributed by atoms with Gasteiger partial charge in [-0.1, -0.05) is 0 Å². The van der Waals surface area contributed by atoms with Crippen LogP contribution in [-0.2, 0) is 11.2 Å². The third-order valence-corrected chi connectivity index (χ3v) is 6.74. The molecule has 3 N–H and O–H groups in total. The van der Waals surface area contributed by atoms with Crippen molar-refractivity contribution in [3.63, 3.8) is 0 Å². The molecule has 1 amide bonds. The Hall–Kier alpha value is -4.00. The number of amides is 1. The van der Waals surface area contributed by atoms with Crippen molar-refractivity contribution in [3.8, 4) is 6.07 Å². The molecule has 2 aliphatic rings. The quantitative estimate of drug-likeness (QED) is 0.456. The fourth-order valence-electron chi connectivity index (χ4n) is 4.60. The van der Waals surface area contributed by atoms with Crippen LogP contribution in [0.2, 0.25) is 0 Å². The van der Waals surface area contributed by atoms with Crippen molar-refractivity contribution in [3.05, 3.63) is 53.6 Å². The number of pyridine rings is 1. The van der Waals surface area contributed by atoms with Crippen molar-refractivity contribution in [1.82, 2.24) is 30.5 Å². The number of aromatic nitrogens is 5. The predicted molar refractivity (Wildman–Crippen MR) is 131 cm³/mol. The number of nitriles is 1. The van der Waals surface area contributed by atoms with E-state index in [1.54, 1.807) is 24.5 Å². The minimum absolute atomic E-state index is 0.0257. The molecule has 3 heterocycles. The van der Waals surface area contributed by atoms with Crippen LogP contribution in [0.25, 0.3) is 0 Å². The summed E-state index contributed by atoms with van der Waals surface area (Å²) in [6, 6.07) is 9.79. The predicted octanol–water partition coefficient (Wildman–Crippen LogP) is 3.19. The number of aromatic amines is 1. The summed E-state index contributed by atoms with van der Waals surface area (Å²) in [5.74, 6) is 2.75. The minimum Gasteiger partial charge on any atom is -0.353 e. The van der Waals surface area contributed by atoms with Crippen LogP contribution in [0.4, 0.5) is 17.6 Å². The molecule has 5 rings (SSSR count). The molecule has 0 atom stereocenters. The Morgan fingerprint density at radius 1 is 1.11 bits per heavy atom. The van der Waals surface area contributed by atoms with Crippen LogP contribution in [0.1, 0.15) is 61.4 Å². The van der Waals surface area contributed by atoms with E-state index < -0.39 is 0 Å². The van der Waals surface area contributed by atoms with E-state index in [1.165, 1.54) is 18.5 Å². The number of nitrogens with one attached hydrogen (secondary N) is 3. The third-order valence-electron chi connectivity index (χ3n) is 6.74.